The summed E-state index contributed by atoms with van der Waals surface area (Å²) in [6, 6.07) is 1.38. The Hall–Kier alpha value is -0.120. The predicted molar refractivity (Wildman–Crippen MR) is 68.4 cm³/mol. The van der Waals surface area contributed by atoms with E-state index in [4.69, 9.17) is 5.73 Å². The van der Waals surface area contributed by atoms with E-state index >= 15 is 0 Å². The molecule has 0 aromatic carbocycles. The summed E-state index contributed by atoms with van der Waals surface area (Å²) in [7, 11) is 2.23. The van der Waals surface area contributed by atoms with Gasteiger partial charge in [0.1, 0.15) is 0 Å². The van der Waals surface area contributed by atoms with Gasteiger partial charge in [0, 0.05) is 37.3 Å². The average Bonchev–Trinajstić information content (AvgIpc) is 2.70. The molecule has 0 aromatic heterocycles. The average molecular weight is 225 g/mol. The third kappa shape index (κ3) is 1.89. The van der Waals surface area contributed by atoms with Crippen LogP contribution in [0.5, 0.6) is 0 Å². The first kappa shape index (κ1) is 12.3. The van der Waals surface area contributed by atoms with Gasteiger partial charge in [-0.15, -0.1) is 0 Å². The number of likely N-dealkylation sites (tertiary alicyclic amines) is 2. The summed E-state index contributed by atoms with van der Waals surface area (Å²) in [5.74, 6) is 0.833. The molecule has 2 N–H and O–H groups in total. The molecule has 2 aliphatic rings. The molecule has 2 fully saturated rings. The summed E-state index contributed by atoms with van der Waals surface area (Å²) < 4.78 is 0. The van der Waals surface area contributed by atoms with Gasteiger partial charge in [-0.3, -0.25) is 4.90 Å². The first-order valence-electron chi connectivity index (χ1n) is 6.65. The zero-order chi connectivity index (χ0) is 11.9. The smallest absolute Gasteiger partial charge is 0.0476 e. The number of likely N-dealkylation sites (N-methyl/N-ethyl adjacent to an activating group) is 1. The summed E-state index contributed by atoms with van der Waals surface area (Å²) in [6.07, 6.45) is 2.57. The summed E-state index contributed by atoms with van der Waals surface area (Å²) >= 11 is 0. The quantitative estimate of drug-likeness (QED) is 0.765. The minimum atomic E-state index is 0.248. The highest BCUT2D eigenvalue weighted by molar-refractivity contribution is 5.05. The molecule has 0 bridgehead atoms. The normalized spacial score (nSPS) is 46.7. The van der Waals surface area contributed by atoms with Crippen LogP contribution in [-0.4, -0.2) is 54.1 Å². The van der Waals surface area contributed by atoms with Crippen LogP contribution < -0.4 is 5.73 Å². The van der Waals surface area contributed by atoms with Crippen molar-refractivity contribution < 1.29 is 0 Å². The van der Waals surface area contributed by atoms with Crippen molar-refractivity contribution in [2.24, 2.45) is 11.7 Å². The van der Waals surface area contributed by atoms with Gasteiger partial charge < -0.3 is 10.6 Å². The van der Waals surface area contributed by atoms with Gasteiger partial charge in [0.05, 0.1) is 0 Å². The number of nitrogens with two attached hydrogens (primary N) is 1. The van der Waals surface area contributed by atoms with Crippen molar-refractivity contribution >= 4 is 0 Å². The Kier molecular flexibility index (Phi) is 3.30. The molecule has 3 heteroatoms. The van der Waals surface area contributed by atoms with Crippen molar-refractivity contribution in [2.75, 3.05) is 26.7 Å². The van der Waals surface area contributed by atoms with Crippen LogP contribution in [0.25, 0.3) is 0 Å². The Morgan fingerprint density at radius 3 is 2.31 bits per heavy atom. The molecule has 2 rings (SSSR count). The summed E-state index contributed by atoms with van der Waals surface area (Å²) in [5, 5.41) is 0. The maximum Gasteiger partial charge on any atom is 0.0476 e. The van der Waals surface area contributed by atoms with Gasteiger partial charge in [-0.2, -0.15) is 0 Å². The highest BCUT2D eigenvalue weighted by Gasteiger charge is 2.47. The van der Waals surface area contributed by atoms with Crippen LogP contribution in [0, 0.1) is 5.92 Å². The van der Waals surface area contributed by atoms with E-state index in [0.29, 0.717) is 12.1 Å². The lowest BCUT2D eigenvalue weighted by atomic mass is 9.93. The fourth-order valence-corrected chi connectivity index (χ4v) is 3.82. The van der Waals surface area contributed by atoms with Crippen LogP contribution in [0.15, 0.2) is 0 Å². The van der Waals surface area contributed by atoms with Gasteiger partial charge in [-0.05, 0) is 39.7 Å². The molecule has 0 amide bonds. The van der Waals surface area contributed by atoms with E-state index in [9.17, 15) is 0 Å². The molecule has 2 aliphatic heterocycles. The highest BCUT2D eigenvalue weighted by Crippen LogP contribution is 2.37. The molecule has 4 atom stereocenters. The van der Waals surface area contributed by atoms with Crippen LogP contribution in [-0.2, 0) is 0 Å². The SMILES string of the molecule is CC1CC(C)N(C2(CN)CC(C)N(C)C2)C1. The van der Waals surface area contributed by atoms with Gasteiger partial charge in [-0.25, -0.2) is 0 Å². The van der Waals surface area contributed by atoms with Gasteiger partial charge in [0.15, 0.2) is 0 Å². The molecule has 2 heterocycles. The summed E-state index contributed by atoms with van der Waals surface area (Å²) in [5.41, 5.74) is 6.36. The van der Waals surface area contributed by atoms with E-state index in [0.717, 1.165) is 19.0 Å². The van der Waals surface area contributed by atoms with Crippen LogP contribution in [0.1, 0.15) is 33.6 Å². The summed E-state index contributed by atoms with van der Waals surface area (Å²) in [4.78, 5) is 5.15. The number of rotatable bonds is 2. The molecule has 0 spiro atoms. The zero-order valence-electron chi connectivity index (χ0n) is 11.2. The molecule has 0 saturated carbocycles. The largest absolute Gasteiger partial charge is 0.329 e. The van der Waals surface area contributed by atoms with Crippen molar-refractivity contribution in [3.8, 4) is 0 Å². The summed E-state index contributed by atoms with van der Waals surface area (Å²) in [6.45, 7) is 10.2. The standard InChI is InChI=1S/C13H27N3/c1-10-5-11(2)16(7-10)13(8-14)6-12(3)15(4)9-13/h10-12H,5-9,14H2,1-4H3. The minimum absolute atomic E-state index is 0.248. The van der Waals surface area contributed by atoms with E-state index in [1.54, 1.807) is 0 Å². The fraction of sp³-hybridized carbons (Fsp3) is 1.00. The Morgan fingerprint density at radius 1 is 1.25 bits per heavy atom. The molecular weight excluding hydrogens is 198 g/mol. The molecule has 16 heavy (non-hydrogen) atoms. The van der Waals surface area contributed by atoms with Crippen LogP contribution in [0.4, 0.5) is 0 Å². The van der Waals surface area contributed by atoms with Crippen LogP contribution >= 0.6 is 0 Å². The van der Waals surface area contributed by atoms with Crippen LogP contribution in [0.2, 0.25) is 0 Å². The number of hydrogen-bond acceptors (Lipinski definition) is 3. The van der Waals surface area contributed by atoms with Gasteiger partial charge in [0.2, 0.25) is 0 Å². The molecule has 0 aromatic rings. The second kappa shape index (κ2) is 4.28. The van der Waals surface area contributed by atoms with E-state index in [1.807, 2.05) is 0 Å². The Labute approximate surface area is 100.0 Å². The third-order valence-corrected chi connectivity index (χ3v) is 4.74. The van der Waals surface area contributed by atoms with Crippen molar-refractivity contribution in [3.05, 3.63) is 0 Å². The second-order valence-electron chi connectivity index (χ2n) is 6.24. The topological polar surface area (TPSA) is 32.5 Å². The monoisotopic (exact) mass is 225 g/mol. The first-order chi connectivity index (χ1) is 7.48. The van der Waals surface area contributed by atoms with Crippen molar-refractivity contribution in [1.82, 2.24) is 9.80 Å². The minimum Gasteiger partial charge on any atom is -0.329 e. The van der Waals surface area contributed by atoms with Gasteiger partial charge in [0.25, 0.3) is 0 Å². The van der Waals surface area contributed by atoms with Crippen LogP contribution in [0.3, 0.4) is 0 Å². The Morgan fingerprint density at radius 2 is 1.94 bits per heavy atom. The van der Waals surface area contributed by atoms with E-state index in [1.165, 1.54) is 19.4 Å². The molecule has 4 unspecified atom stereocenters. The molecule has 0 radical (unpaired) electrons. The molecule has 0 aliphatic carbocycles. The number of hydrogen-bond donors (Lipinski definition) is 1. The number of nitrogens with zero attached hydrogens (tertiary/aromatic N) is 2. The van der Waals surface area contributed by atoms with Crippen molar-refractivity contribution in [2.45, 2.75) is 51.2 Å². The maximum atomic E-state index is 6.11. The fourth-order valence-electron chi connectivity index (χ4n) is 3.82. The maximum absolute atomic E-state index is 6.11. The third-order valence-electron chi connectivity index (χ3n) is 4.74. The van der Waals surface area contributed by atoms with Gasteiger partial charge in [-0.1, -0.05) is 6.92 Å². The first-order valence-corrected chi connectivity index (χ1v) is 6.65. The zero-order valence-corrected chi connectivity index (χ0v) is 11.2. The van der Waals surface area contributed by atoms with Gasteiger partial charge >= 0.3 is 0 Å². The molecule has 94 valence electrons. The van der Waals surface area contributed by atoms with E-state index in [-0.39, 0.29) is 5.54 Å². The predicted octanol–water partition coefficient (Wildman–Crippen LogP) is 1.14. The second-order valence-corrected chi connectivity index (χ2v) is 6.24. The van der Waals surface area contributed by atoms with Crippen molar-refractivity contribution in [1.29, 1.82) is 0 Å². The lowest BCUT2D eigenvalue weighted by Crippen LogP contribution is -2.56. The van der Waals surface area contributed by atoms with E-state index in [2.05, 4.69) is 37.6 Å². The Balaban J connectivity index is 2.16. The molecule has 2 saturated heterocycles. The van der Waals surface area contributed by atoms with Crippen molar-refractivity contribution in [3.63, 3.8) is 0 Å². The molecule has 3 nitrogen and oxygen atoms in total. The lowest BCUT2D eigenvalue weighted by molar-refractivity contribution is 0.0927. The molecular formula is C13H27N3. The lowest BCUT2D eigenvalue weighted by Gasteiger charge is -2.40. The highest BCUT2D eigenvalue weighted by atomic mass is 15.3. The Bertz CT molecular complexity index is 244. The van der Waals surface area contributed by atoms with E-state index < -0.39 is 0 Å².